The van der Waals surface area contributed by atoms with Gasteiger partial charge in [0.1, 0.15) is 0 Å². The van der Waals surface area contributed by atoms with Gasteiger partial charge in [-0.2, -0.15) is 0 Å². The summed E-state index contributed by atoms with van der Waals surface area (Å²) in [5.74, 6) is 0. The van der Waals surface area contributed by atoms with Crippen molar-refractivity contribution < 1.29 is 0 Å². The summed E-state index contributed by atoms with van der Waals surface area (Å²) in [6.45, 7) is 0. The van der Waals surface area contributed by atoms with Crippen molar-refractivity contribution in [1.29, 1.82) is 0 Å². The number of hydrogen-bond acceptors (Lipinski definition) is 3. The third-order valence-electron chi connectivity index (χ3n) is 12.7. The fourth-order valence-electron chi connectivity index (χ4n) is 9.86. The first-order chi connectivity index (χ1) is 29.7. The Morgan fingerprint density at radius 2 is 0.767 bits per heavy atom. The Kier molecular flexibility index (Phi) is 8.31. The van der Waals surface area contributed by atoms with Crippen molar-refractivity contribution in [2.45, 2.75) is 18.5 Å². The molecular formula is C57H41N3. The summed E-state index contributed by atoms with van der Waals surface area (Å²) >= 11 is 0. The maximum absolute atomic E-state index is 4.08. The van der Waals surface area contributed by atoms with E-state index < -0.39 is 0 Å². The quantitative estimate of drug-likeness (QED) is 0.121. The summed E-state index contributed by atoms with van der Waals surface area (Å²) in [4.78, 5) is 0. The van der Waals surface area contributed by atoms with Crippen LogP contribution in [0.2, 0.25) is 0 Å². The highest BCUT2D eigenvalue weighted by atomic mass is 15.4. The van der Waals surface area contributed by atoms with E-state index in [1.165, 1.54) is 104 Å². The van der Waals surface area contributed by atoms with Gasteiger partial charge in [0.15, 0.2) is 0 Å². The monoisotopic (exact) mass is 767 g/mol. The largest absolute Gasteiger partial charge is 0.279 e. The van der Waals surface area contributed by atoms with E-state index in [1.807, 2.05) is 0 Å². The fraction of sp³-hybridized carbons (Fsp3) is 0.0526. The molecule has 1 aliphatic rings. The molecule has 1 saturated heterocycles. The molecule has 1 heterocycles. The van der Waals surface area contributed by atoms with Crippen LogP contribution in [0.15, 0.2) is 212 Å². The summed E-state index contributed by atoms with van der Waals surface area (Å²) in [5, 5.41) is 27.3. The highest BCUT2D eigenvalue weighted by Gasteiger charge is 2.32. The van der Waals surface area contributed by atoms with Gasteiger partial charge in [0.25, 0.3) is 0 Å². The van der Waals surface area contributed by atoms with Crippen molar-refractivity contribution in [2.75, 3.05) is 0 Å². The van der Waals surface area contributed by atoms with E-state index in [4.69, 9.17) is 0 Å². The SMILES string of the molecule is c1ccc(-c2cccc(C3NC(c4ccc(-c5c6ccccc6cc6c5ccc5ccccc56)cc4)NC(c4c5ccccc5cc5c4ccc4ccccc45)N3)c2)cc1. The van der Waals surface area contributed by atoms with Crippen molar-refractivity contribution in [3.05, 3.63) is 229 Å². The average Bonchev–Trinajstić information content (AvgIpc) is 3.32. The molecule has 3 unspecified atom stereocenters. The molecule has 3 nitrogen and oxygen atoms in total. The number of hydrogen-bond donors (Lipinski definition) is 3. The molecule has 11 aromatic carbocycles. The van der Waals surface area contributed by atoms with Gasteiger partial charge in [0.05, 0.1) is 18.5 Å². The van der Waals surface area contributed by atoms with Crippen molar-refractivity contribution in [2.24, 2.45) is 0 Å². The molecule has 3 heteroatoms. The molecule has 1 aliphatic heterocycles. The molecule has 11 aromatic rings. The molecule has 3 atom stereocenters. The molecule has 1 fully saturated rings. The lowest BCUT2D eigenvalue weighted by molar-refractivity contribution is 0.205. The van der Waals surface area contributed by atoms with Crippen LogP contribution < -0.4 is 16.0 Å². The zero-order valence-electron chi connectivity index (χ0n) is 32.9. The van der Waals surface area contributed by atoms with Gasteiger partial charge in [-0.05, 0) is 122 Å². The van der Waals surface area contributed by atoms with Gasteiger partial charge in [-0.1, -0.05) is 194 Å². The Hall–Kier alpha value is -7.14. The van der Waals surface area contributed by atoms with Crippen LogP contribution in [-0.4, -0.2) is 0 Å². The minimum Gasteiger partial charge on any atom is -0.279 e. The highest BCUT2D eigenvalue weighted by molar-refractivity contribution is 6.20. The topological polar surface area (TPSA) is 36.1 Å². The van der Waals surface area contributed by atoms with E-state index in [-0.39, 0.29) is 18.5 Å². The van der Waals surface area contributed by atoms with E-state index in [0.717, 1.165) is 0 Å². The second kappa shape index (κ2) is 14.3. The first-order valence-electron chi connectivity index (χ1n) is 20.9. The van der Waals surface area contributed by atoms with Crippen molar-refractivity contribution in [3.63, 3.8) is 0 Å². The standard InChI is InChI=1S/C57H41N3/c1-2-13-36(14-3-1)41-19-12-20-44(33-41)56-58-55(59-57(60-56)54-48-24-11-7-18-43(48)35-52-46-22-9-5-16-38(46)30-32-50(52)54)40-27-25-39(26-28-40)53-47-23-10-6-17-42(47)34-51-45-21-8-4-15-37(45)29-31-49(51)53/h1-35,55-60H. The summed E-state index contributed by atoms with van der Waals surface area (Å²) in [6.07, 6.45) is -0.473. The van der Waals surface area contributed by atoms with Gasteiger partial charge in [0, 0.05) is 0 Å². The van der Waals surface area contributed by atoms with Crippen molar-refractivity contribution in [1.82, 2.24) is 16.0 Å². The van der Waals surface area contributed by atoms with E-state index >= 15 is 0 Å². The van der Waals surface area contributed by atoms with Crippen LogP contribution in [0.25, 0.3) is 86.9 Å². The Balaban J connectivity index is 1.01. The molecule has 0 aromatic heterocycles. The first kappa shape index (κ1) is 34.9. The zero-order chi connectivity index (χ0) is 39.6. The summed E-state index contributed by atoms with van der Waals surface area (Å²) in [6, 6.07) is 77.9. The van der Waals surface area contributed by atoms with Crippen LogP contribution in [-0.2, 0) is 0 Å². The molecule has 0 radical (unpaired) electrons. The smallest absolute Gasteiger partial charge is 0.0876 e. The van der Waals surface area contributed by atoms with Crippen LogP contribution in [0.3, 0.4) is 0 Å². The molecule has 0 amide bonds. The lowest BCUT2D eigenvalue weighted by Crippen LogP contribution is -2.54. The van der Waals surface area contributed by atoms with Crippen molar-refractivity contribution >= 4 is 64.6 Å². The van der Waals surface area contributed by atoms with Gasteiger partial charge >= 0.3 is 0 Å². The summed E-state index contributed by atoms with van der Waals surface area (Å²) in [5.41, 5.74) is 8.52. The number of benzene rings is 11. The van der Waals surface area contributed by atoms with Crippen LogP contribution in [0.4, 0.5) is 0 Å². The highest BCUT2D eigenvalue weighted by Crippen LogP contribution is 2.42. The normalized spacial score (nSPS) is 17.0. The molecule has 0 saturated carbocycles. The summed E-state index contributed by atoms with van der Waals surface area (Å²) < 4.78 is 0. The maximum Gasteiger partial charge on any atom is 0.0876 e. The van der Waals surface area contributed by atoms with E-state index in [9.17, 15) is 0 Å². The average molecular weight is 768 g/mol. The van der Waals surface area contributed by atoms with Crippen LogP contribution in [0.1, 0.15) is 35.2 Å². The predicted molar refractivity (Wildman–Crippen MR) is 253 cm³/mol. The predicted octanol–water partition coefficient (Wildman–Crippen LogP) is 14.1. The van der Waals surface area contributed by atoms with Crippen LogP contribution in [0, 0.1) is 0 Å². The van der Waals surface area contributed by atoms with Gasteiger partial charge in [0.2, 0.25) is 0 Å². The number of fused-ring (bicyclic) bond motifs is 8. The molecule has 3 N–H and O–H groups in total. The number of nitrogens with one attached hydrogen (secondary N) is 3. The Morgan fingerprint density at radius 3 is 1.47 bits per heavy atom. The lowest BCUT2D eigenvalue weighted by atomic mass is 9.89. The lowest BCUT2D eigenvalue weighted by Gasteiger charge is -2.40. The van der Waals surface area contributed by atoms with Gasteiger partial charge in [-0.15, -0.1) is 0 Å². The molecule has 0 spiro atoms. The minimum atomic E-state index is -0.175. The Labute approximate surface area is 348 Å². The molecule has 0 aliphatic carbocycles. The van der Waals surface area contributed by atoms with Crippen molar-refractivity contribution in [3.8, 4) is 22.3 Å². The summed E-state index contributed by atoms with van der Waals surface area (Å²) in [7, 11) is 0. The minimum absolute atomic E-state index is 0.144. The second-order valence-corrected chi connectivity index (χ2v) is 16.2. The third kappa shape index (κ3) is 5.86. The zero-order valence-corrected chi connectivity index (χ0v) is 32.9. The number of rotatable bonds is 5. The van der Waals surface area contributed by atoms with Gasteiger partial charge in [-0.25, -0.2) is 0 Å². The van der Waals surface area contributed by atoms with E-state index in [2.05, 4.69) is 228 Å². The van der Waals surface area contributed by atoms with Gasteiger partial charge in [-0.3, -0.25) is 16.0 Å². The maximum atomic E-state index is 4.08. The van der Waals surface area contributed by atoms with E-state index in [1.54, 1.807) is 0 Å². The van der Waals surface area contributed by atoms with Crippen LogP contribution in [0.5, 0.6) is 0 Å². The molecule has 0 bridgehead atoms. The van der Waals surface area contributed by atoms with Crippen LogP contribution >= 0.6 is 0 Å². The first-order valence-corrected chi connectivity index (χ1v) is 20.9. The Bertz CT molecular complexity index is 3430. The Morgan fingerprint density at radius 1 is 0.250 bits per heavy atom. The molecular weight excluding hydrogens is 727 g/mol. The molecule has 12 rings (SSSR count). The fourth-order valence-corrected chi connectivity index (χ4v) is 9.86. The molecule has 284 valence electrons. The third-order valence-corrected chi connectivity index (χ3v) is 12.7. The van der Waals surface area contributed by atoms with E-state index in [0.29, 0.717) is 0 Å². The molecule has 60 heavy (non-hydrogen) atoms. The second-order valence-electron chi connectivity index (χ2n) is 16.2. The van der Waals surface area contributed by atoms with Gasteiger partial charge < -0.3 is 0 Å².